The molecule has 0 aromatic heterocycles. The van der Waals surface area contributed by atoms with E-state index in [-0.39, 0.29) is 12.4 Å². The van der Waals surface area contributed by atoms with Crippen LogP contribution in [-0.4, -0.2) is 41.5 Å². The van der Waals surface area contributed by atoms with Gasteiger partial charge < -0.3 is 5.11 Å². The van der Waals surface area contributed by atoms with Gasteiger partial charge in [-0.25, -0.2) is 0 Å². The molecule has 1 saturated carbocycles. The number of nitrogens with zero attached hydrogens (tertiary/aromatic N) is 1. The molecule has 0 aliphatic heterocycles. The van der Waals surface area contributed by atoms with Crippen LogP contribution in [0, 0.1) is 0 Å². The van der Waals surface area contributed by atoms with Gasteiger partial charge in [-0.15, -0.1) is 0 Å². The van der Waals surface area contributed by atoms with E-state index in [1.165, 1.54) is 6.42 Å². The maximum atomic E-state index is 12.2. The Hall–Kier alpha value is -0.710. The number of hydrogen-bond donors (Lipinski definition) is 1. The summed E-state index contributed by atoms with van der Waals surface area (Å²) in [6.07, 6.45) is 3.52. The van der Waals surface area contributed by atoms with Gasteiger partial charge in [0.05, 0.1) is 13.2 Å². The lowest BCUT2D eigenvalue weighted by Crippen LogP contribution is -2.44. The van der Waals surface area contributed by atoms with Crippen LogP contribution in [0.2, 0.25) is 0 Å². The maximum absolute atomic E-state index is 12.2. The Balaban J connectivity index is 2.02. The molecular formula is C14H18BrNO2. The quantitative estimate of drug-likeness (QED) is 0.821. The normalized spacial score (nSPS) is 15.7. The average Bonchev–Trinajstić information content (AvgIpc) is 2.27. The molecule has 3 nitrogen and oxygen atoms in total. The molecule has 1 aliphatic carbocycles. The summed E-state index contributed by atoms with van der Waals surface area (Å²) in [7, 11) is 0. The minimum Gasteiger partial charge on any atom is -0.395 e. The number of carbonyl (C=O) groups excluding carboxylic acids is 1. The third kappa shape index (κ3) is 3.19. The molecule has 18 heavy (non-hydrogen) atoms. The first-order chi connectivity index (χ1) is 8.72. The summed E-state index contributed by atoms with van der Waals surface area (Å²) in [5.74, 6) is 0.114. The molecule has 0 spiro atoms. The van der Waals surface area contributed by atoms with Crippen LogP contribution in [0.4, 0.5) is 0 Å². The molecule has 0 unspecified atom stereocenters. The molecule has 0 radical (unpaired) electrons. The monoisotopic (exact) mass is 311 g/mol. The van der Waals surface area contributed by atoms with Crippen molar-refractivity contribution in [2.24, 2.45) is 0 Å². The third-order valence-electron chi connectivity index (χ3n) is 3.50. The molecule has 1 N–H and O–H groups in total. The topological polar surface area (TPSA) is 40.5 Å². The van der Waals surface area contributed by atoms with Crippen molar-refractivity contribution in [2.45, 2.75) is 25.3 Å². The molecule has 1 fully saturated rings. The fraction of sp³-hybridized carbons (Fsp3) is 0.500. The van der Waals surface area contributed by atoms with E-state index in [2.05, 4.69) is 20.8 Å². The van der Waals surface area contributed by atoms with Crippen molar-refractivity contribution in [3.63, 3.8) is 0 Å². The van der Waals surface area contributed by atoms with Crippen LogP contribution in [0.3, 0.4) is 0 Å². The standard InChI is InChI=1S/C14H18BrNO2/c15-13-7-2-1-6-12(13)14(18)10-16(8-9-17)11-4-3-5-11/h1-2,6-7,11,17H,3-5,8-10H2. The molecule has 0 saturated heterocycles. The molecule has 1 aromatic rings. The largest absolute Gasteiger partial charge is 0.395 e. The van der Waals surface area contributed by atoms with Crippen molar-refractivity contribution in [1.82, 2.24) is 4.90 Å². The van der Waals surface area contributed by atoms with E-state index < -0.39 is 0 Å². The lowest BCUT2D eigenvalue weighted by atomic mass is 9.91. The lowest BCUT2D eigenvalue weighted by Gasteiger charge is -2.36. The van der Waals surface area contributed by atoms with Crippen molar-refractivity contribution in [3.05, 3.63) is 34.3 Å². The zero-order valence-electron chi connectivity index (χ0n) is 10.3. The molecular weight excluding hydrogens is 294 g/mol. The first-order valence-electron chi connectivity index (χ1n) is 6.35. The van der Waals surface area contributed by atoms with Gasteiger partial charge in [0, 0.05) is 22.6 Å². The molecule has 2 rings (SSSR count). The number of aliphatic hydroxyl groups is 1. The van der Waals surface area contributed by atoms with Gasteiger partial charge in [0.15, 0.2) is 5.78 Å². The van der Waals surface area contributed by atoms with Gasteiger partial charge in [0.2, 0.25) is 0 Å². The summed E-state index contributed by atoms with van der Waals surface area (Å²) < 4.78 is 0.840. The van der Waals surface area contributed by atoms with Gasteiger partial charge in [-0.3, -0.25) is 9.69 Å². The van der Waals surface area contributed by atoms with Crippen molar-refractivity contribution in [2.75, 3.05) is 19.7 Å². The summed E-state index contributed by atoms with van der Waals surface area (Å²) in [6.45, 7) is 1.09. The van der Waals surface area contributed by atoms with E-state index in [0.29, 0.717) is 19.1 Å². The molecule has 0 atom stereocenters. The van der Waals surface area contributed by atoms with Gasteiger partial charge in [-0.2, -0.15) is 0 Å². The first kappa shape index (κ1) is 13.7. The zero-order valence-corrected chi connectivity index (χ0v) is 11.9. The number of Topliss-reactive ketones (excluding diaryl/α,β-unsaturated/α-hetero) is 1. The summed E-state index contributed by atoms with van der Waals surface area (Å²) in [6, 6.07) is 7.97. The fourth-order valence-corrected chi connectivity index (χ4v) is 2.73. The fourth-order valence-electron chi connectivity index (χ4n) is 2.23. The second-order valence-corrected chi connectivity index (χ2v) is 5.54. The van der Waals surface area contributed by atoms with E-state index >= 15 is 0 Å². The SMILES string of the molecule is O=C(CN(CCO)C1CCC1)c1ccccc1Br. The first-order valence-corrected chi connectivity index (χ1v) is 7.14. The van der Waals surface area contributed by atoms with E-state index in [1.54, 1.807) is 0 Å². The van der Waals surface area contributed by atoms with Crippen molar-refractivity contribution < 1.29 is 9.90 Å². The minimum absolute atomic E-state index is 0.111. The second kappa shape index (κ2) is 6.45. The molecule has 1 aliphatic rings. The zero-order chi connectivity index (χ0) is 13.0. The molecule has 1 aromatic carbocycles. The highest BCUT2D eigenvalue weighted by atomic mass is 79.9. The van der Waals surface area contributed by atoms with Crippen LogP contribution in [0.25, 0.3) is 0 Å². The van der Waals surface area contributed by atoms with Crippen LogP contribution >= 0.6 is 15.9 Å². The van der Waals surface area contributed by atoms with E-state index in [4.69, 9.17) is 5.11 Å². The second-order valence-electron chi connectivity index (χ2n) is 4.68. The van der Waals surface area contributed by atoms with Gasteiger partial charge in [-0.1, -0.05) is 40.5 Å². The Morgan fingerprint density at radius 2 is 2.11 bits per heavy atom. The number of benzene rings is 1. The van der Waals surface area contributed by atoms with E-state index in [1.807, 2.05) is 24.3 Å². The Kier molecular flexibility index (Phi) is 4.92. The smallest absolute Gasteiger partial charge is 0.177 e. The summed E-state index contributed by atoms with van der Waals surface area (Å²) in [4.78, 5) is 14.3. The van der Waals surface area contributed by atoms with Crippen LogP contribution < -0.4 is 0 Å². The van der Waals surface area contributed by atoms with E-state index in [0.717, 1.165) is 22.9 Å². The van der Waals surface area contributed by atoms with Crippen LogP contribution in [-0.2, 0) is 0 Å². The Morgan fingerprint density at radius 3 is 2.67 bits per heavy atom. The van der Waals surface area contributed by atoms with Crippen molar-refractivity contribution in [1.29, 1.82) is 0 Å². The number of hydrogen-bond acceptors (Lipinski definition) is 3. The summed E-state index contributed by atoms with van der Waals surface area (Å²) in [5.41, 5.74) is 0.722. The number of halogens is 1. The number of aliphatic hydroxyl groups excluding tert-OH is 1. The molecule has 98 valence electrons. The minimum atomic E-state index is 0.111. The summed E-state index contributed by atoms with van der Waals surface area (Å²) >= 11 is 3.41. The Bertz CT molecular complexity index is 418. The lowest BCUT2D eigenvalue weighted by molar-refractivity contribution is 0.0746. The Labute approximate surface area is 116 Å². The predicted octanol–water partition coefficient (Wildman–Crippen LogP) is 2.48. The van der Waals surface area contributed by atoms with Crippen LogP contribution in [0.15, 0.2) is 28.7 Å². The Morgan fingerprint density at radius 1 is 1.39 bits per heavy atom. The number of carbonyl (C=O) groups is 1. The summed E-state index contributed by atoms with van der Waals surface area (Å²) in [5, 5.41) is 9.08. The van der Waals surface area contributed by atoms with Crippen molar-refractivity contribution >= 4 is 21.7 Å². The highest BCUT2D eigenvalue weighted by Gasteiger charge is 2.26. The van der Waals surface area contributed by atoms with Crippen LogP contribution in [0.1, 0.15) is 29.6 Å². The molecule has 0 heterocycles. The maximum Gasteiger partial charge on any atom is 0.177 e. The third-order valence-corrected chi connectivity index (χ3v) is 4.19. The number of rotatable bonds is 6. The van der Waals surface area contributed by atoms with Gasteiger partial charge in [0.25, 0.3) is 0 Å². The molecule has 0 bridgehead atoms. The highest BCUT2D eigenvalue weighted by Crippen LogP contribution is 2.25. The van der Waals surface area contributed by atoms with Gasteiger partial charge in [-0.05, 0) is 18.9 Å². The van der Waals surface area contributed by atoms with Crippen LogP contribution in [0.5, 0.6) is 0 Å². The van der Waals surface area contributed by atoms with Crippen molar-refractivity contribution in [3.8, 4) is 0 Å². The predicted molar refractivity (Wildman–Crippen MR) is 74.8 cm³/mol. The van der Waals surface area contributed by atoms with Gasteiger partial charge >= 0.3 is 0 Å². The average molecular weight is 312 g/mol. The number of ketones is 1. The van der Waals surface area contributed by atoms with Gasteiger partial charge in [0.1, 0.15) is 0 Å². The highest BCUT2D eigenvalue weighted by molar-refractivity contribution is 9.10. The van der Waals surface area contributed by atoms with E-state index in [9.17, 15) is 4.79 Å². The molecule has 0 amide bonds. The molecule has 4 heteroatoms.